The molecule has 0 aliphatic rings. The second kappa shape index (κ2) is 48.3. The van der Waals surface area contributed by atoms with E-state index in [-0.39, 0.29) is 0 Å². The van der Waals surface area contributed by atoms with Gasteiger partial charge in [-0.15, -0.1) is 0 Å². The van der Waals surface area contributed by atoms with E-state index in [0.717, 1.165) is 19.3 Å². The summed E-state index contributed by atoms with van der Waals surface area (Å²) in [5.74, 6) is 0. The normalized spacial score (nSPS) is 6.93. The first-order valence-corrected chi connectivity index (χ1v) is 7.46. The third-order valence-corrected chi connectivity index (χ3v) is 1.06. The van der Waals surface area contributed by atoms with Gasteiger partial charge in [0.2, 0.25) is 0 Å². The van der Waals surface area contributed by atoms with E-state index < -0.39 is 0 Å². The van der Waals surface area contributed by atoms with Crippen molar-refractivity contribution >= 4 is 9.30 Å². The van der Waals surface area contributed by atoms with Crippen LogP contribution in [0.15, 0.2) is 0 Å². The van der Waals surface area contributed by atoms with Crippen molar-refractivity contribution in [1.29, 1.82) is 0 Å². The van der Waals surface area contributed by atoms with Gasteiger partial charge < -0.3 is 20.8 Å². The third-order valence-electron chi connectivity index (χ3n) is 1.06. The molecule has 0 aromatic heterocycles. The van der Waals surface area contributed by atoms with E-state index in [1.54, 1.807) is 0 Å². The molecule has 0 rings (SSSR count). The van der Waals surface area contributed by atoms with Crippen LogP contribution < -0.4 is 0 Å². The fourth-order valence-corrected chi connectivity index (χ4v) is 0. The zero-order chi connectivity index (χ0) is 12.2. The Kier molecular flexibility index (Phi) is 83.8. The van der Waals surface area contributed by atoms with Crippen molar-refractivity contribution in [2.75, 3.05) is 0 Å². The maximum atomic E-state index is 4.64. The fraction of sp³-hybridized carbons (Fsp3) is 0.750. The predicted octanol–water partition coefficient (Wildman–Crippen LogP) is 5.55. The van der Waals surface area contributed by atoms with E-state index in [4.69, 9.17) is 0 Å². The molecule has 0 N–H and O–H groups in total. The van der Waals surface area contributed by atoms with Gasteiger partial charge in [0.25, 0.3) is 0 Å². The molecule has 0 nitrogen and oxygen atoms in total. The summed E-state index contributed by atoms with van der Waals surface area (Å²) in [5.41, 5.74) is 0. The van der Waals surface area contributed by atoms with Gasteiger partial charge in [0.05, 0.1) is 0 Å². The fourth-order valence-electron chi connectivity index (χ4n) is 0. The standard InChI is InChI=1S/3C4H9.ClH.Ti/c3*1-3-4-2;;/h3*1,3-4H2,2H3;1H;/q3*-1;;+4/p-1. The van der Waals surface area contributed by atoms with E-state index in [9.17, 15) is 0 Å². The molecule has 86 valence electrons. The molecule has 0 radical (unpaired) electrons. The first-order valence-electron chi connectivity index (χ1n) is 5.31. The molecule has 0 aliphatic heterocycles. The van der Waals surface area contributed by atoms with Gasteiger partial charge in [0.1, 0.15) is 0 Å². The molecule has 0 saturated carbocycles. The zero-order valence-corrected chi connectivity index (χ0v) is 12.6. The van der Waals surface area contributed by atoms with Gasteiger partial charge >= 0.3 is 28.7 Å². The zero-order valence-electron chi connectivity index (χ0n) is 10.2. The van der Waals surface area contributed by atoms with Crippen LogP contribution in [0, 0.1) is 20.8 Å². The summed E-state index contributed by atoms with van der Waals surface area (Å²) in [7, 11) is 4.64. The second-order valence-electron chi connectivity index (χ2n) is 2.56. The second-order valence-corrected chi connectivity index (χ2v) is 2.56. The van der Waals surface area contributed by atoms with Crippen LogP contribution in [-0.4, -0.2) is 0 Å². The van der Waals surface area contributed by atoms with Crippen LogP contribution in [0.25, 0.3) is 0 Å². The van der Waals surface area contributed by atoms with Crippen LogP contribution in [-0.2, 0) is 19.4 Å². The summed E-state index contributed by atoms with van der Waals surface area (Å²) in [6, 6.07) is 0. The van der Waals surface area contributed by atoms with Crippen LogP contribution in [0.5, 0.6) is 0 Å². The Morgan fingerprint density at radius 3 is 0.786 bits per heavy atom. The van der Waals surface area contributed by atoms with Crippen molar-refractivity contribution in [3.05, 3.63) is 20.8 Å². The molecule has 0 spiro atoms. The molecule has 0 fully saturated rings. The van der Waals surface area contributed by atoms with E-state index >= 15 is 0 Å². The molecule has 0 heterocycles. The van der Waals surface area contributed by atoms with E-state index in [2.05, 4.69) is 50.8 Å². The molecule has 14 heavy (non-hydrogen) atoms. The van der Waals surface area contributed by atoms with Crippen LogP contribution in [0.3, 0.4) is 0 Å². The van der Waals surface area contributed by atoms with Gasteiger partial charge in [-0.25, -0.2) is 0 Å². The Balaban J connectivity index is -0.0000000492. The third kappa shape index (κ3) is 117. The average Bonchev–Trinajstić information content (AvgIpc) is 2.31. The molecule has 0 saturated heterocycles. The van der Waals surface area contributed by atoms with Gasteiger partial charge in [-0.2, -0.15) is 19.3 Å². The Labute approximate surface area is 108 Å². The molecule has 0 amide bonds. The Morgan fingerprint density at radius 2 is 0.786 bits per heavy atom. The molecule has 2 heteroatoms. The Morgan fingerprint density at radius 1 is 0.714 bits per heavy atom. The molecule has 0 atom stereocenters. The van der Waals surface area contributed by atoms with Crippen LogP contribution in [0.2, 0.25) is 0 Å². The number of rotatable bonds is 3. The van der Waals surface area contributed by atoms with Crippen molar-refractivity contribution in [3.8, 4) is 0 Å². The Hall–Kier alpha value is 1.00. The number of hydrogen-bond acceptors (Lipinski definition) is 0. The topological polar surface area (TPSA) is 0 Å². The molecular weight excluding hydrogens is 227 g/mol. The summed E-state index contributed by atoms with van der Waals surface area (Å²) in [6.07, 6.45) is 6.83. The monoisotopic (exact) mass is 254 g/mol. The Bertz CT molecular complexity index is 25.8. The van der Waals surface area contributed by atoms with E-state index in [1.165, 1.54) is 38.6 Å². The van der Waals surface area contributed by atoms with Crippen molar-refractivity contribution in [2.24, 2.45) is 0 Å². The van der Waals surface area contributed by atoms with E-state index in [0.29, 0.717) is 0 Å². The first kappa shape index (κ1) is 24.3. The average molecular weight is 255 g/mol. The van der Waals surface area contributed by atoms with E-state index in [1.807, 2.05) is 0 Å². The summed E-state index contributed by atoms with van der Waals surface area (Å²) in [4.78, 5) is 0. The van der Waals surface area contributed by atoms with Gasteiger partial charge in [-0.05, 0) is 0 Å². The van der Waals surface area contributed by atoms with Crippen molar-refractivity contribution < 1.29 is 19.4 Å². The van der Waals surface area contributed by atoms with Gasteiger partial charge in [0, 0.05) is 0 Å². The molecule has 0 unspecified atom stereocenters. The van der Waals surface area contributed by atoms with Gasteiger partial charge in [-0.3, -0.25) is 0 Å². The molecule has 0 aromatic rings. The van der Waals surface area contributed by atoms with Crippen molar-refractivity contribution in [3.63, 3.8) is 0 Å². The van der Waals surface area contributed by atoms with Crippen LogP contribution in [0.1, 0.15) is 59.3 Å². The number of unbranched alkanes of at least 4 members (excludes halogenated alkanes) is 3. The minimum atomic E-state index is 1.07. The summed E-state index contributed by atoms with van der Waals surface area (Å²) in [6.45, 7) is 17.2. The SMILES string of the molecule is [CH2-]CCC.[CH2-]CCC.[CH2-]CCC.[Cl][Ti+3]. The first-order chi connectivity index (χ1) is 6.74. The minimum absolute atomic E-state index is 1.07. The quantitative estimate of drug-likeness (QED) is 0.458. The predicted molar refractivity (Wildman–Crippen MR) is 66.6 cm³/mol. The van der Waals surface area contributed by atoms with Gasteiger partial charge in [-0.1, -0.05) is 40.0 Å². The van der Waals surface area contributed by atoms with Crippen molar-refractivity contribution in [2.45, 2.75) is 59.3 Å². The summed E-state index contributed by atoms with van der Waals surface area (Å²) < 4.78 is 0. The molecule has 0 bridgehead atoms. The molecule has 0 aliphatic carbocycles. The van der Waals surface area contributed by atoms with Gasteiger partial charge in [0.15, 0.2) is 0 Å². The van der Waals surface area contributed by atoms with Crippen LogP contribution >= 0.6 is 9.30 Å². The number of halogens is 1. The number of hydrogen-bond donors (Lipinski definition) is 0. The molecular formula is C12H27ClTi. The summed E-state index contributed by atoms with van der Waals surface area (Å²) >= 11 is 1.47. The summed E-state index contributed by atoms with van der Waals surface area (Å²) in [5, 5.41) is 0. The van der Waals surface area contributed by atoms with Crippen molar-refractivity contribution in [1.82, 2.24) is 0 Å². The molecule has 0 aromatic carbocycles. The maximum absolute atomic E-state index is 4.64. The van der Waals surface area contributed by atoms with Crippen LogP contribution in [0.4, 0.5) is 0 Å².